The molecule has 0 saturated carbocycles. The molecule has 0 unspecified atom stereocenters. The lowest BCUT2D eigenvalue weighted by Gasteiger charge is -2.11. The molecule has 30 heavy (non-hydrogen) atoms. The average molecular weight is 455 g/mol. The summed E-state index contributed by atoms with van der Waals surface area (Å²) in [5.74, 6) is -0.691. The van der Waals surface area contributed by atoms with E-state index in [0.717, 1.165) is 0 Å². The summed E-state index contributed by atoms with van der Waals surface area (Å²) in [6.07, 6.45) is 0. The molecule has 2 aromatic carbocycles. The van der Waals surface area contributed by atoms with Crippen LogP contribution >= 0.6 is 0 Å². The number of hydrogen-bond donors (Lipinski definition) is 2. The van der Waals surface area contributed by atoms with Crippen LogP contribution in [0.15, 0.2) is 47.4 Å². The fourth-order valence-corrected chi connectivity index (χ4v) is 5.50. The highest BCUT2D eigenvalue weighted by Crippen LogP contribution is 2.18. The highest BCUT2D eigenvalue weighted by atomic mass is 32.2. The molecule has 10 heteroatoms. The summed E-state index contributed by atoms with van der Waals surface area (Å²) in [5, 5.41) is 0. The van der Waals surface area contributed by atoms with Crippen molar-refractivity contribution >= 4 is 26.0 Å². The highest BCUT2D eigenvalue weighted by Gasteiger charge is 2.18. The van der Waals surface area contributed by atoms with Crippen LogP contribution in [0.2, 0.25) is 0 Å². The number of carbonyl (C=O) groups is 1. The molecule has 0 bridgehead atoms. The van der Waals surface area contributed by atoms with Gasteiger partial charge in [0.1, 0.15) is 0 Å². The van der Waals surface area contributed by atoms with E-state index in [0.29, 0.717) is 16.7 Å². The number of benzene rings is 2. The SMILES string of the molecule is COC(=O)c1ccc(S(=O)(=O)NCc2ccc(CS(=O)(=O)NC(C)C)cc2)c(C)c1. The lowest BCUT2D eigenvalue weighted by atomic mass is 10.1. The minimum atomic E-state index is -3.80. The molecule has 2 N–H and O–H groups in total. The molecule has 0 spiro atoms. The van der Waals surface area contributed by atoms with Crippen LogP contribution in [-0.2, 0) is 37.1 Å². The van der Waals surface area contributed by atoms with Crippen LogP contribution in [-0.4, -0.2) is 36.0 Å². The molecule has 0 amide bonds. The number of aryl methyl sites for hydroxylation is 1. The van der Waals surface area contributed by atoms with E-state index in [4.69, 9.17) is 0 Å². The smallest absolute Gasteiger partial charge is 0.337 e. The molecule has 0 aliphatic carbocycles. The van der Waals surface area contributed by atoms with Gasteiger partial charge in [-0.1, -0.05) is 24.3 Å². The molecule has 0 aliphatic heterocycles. The van der Waals surface area contributed by atoms with Crippen molar-refractivity contribution in [1.29, 1.82) is 0 Å². The Morgan fingerprint density at radius 1 is 1.00 bits per heavy atom. The Hall–Kier alpha value is -2.27. The summed E-state index contributed by atoms with van der Waals surface area (Å²) >= 11 is 0. The van der Waals surface area contributed by atoms with Gasteiger partial charge in [-0.3, -0.25) is 0 Å². The lowest BCUT2D eigenvalue weighted by molar-refractivity contribution is 0.0600. The van der Waals surface area contributed by atoms with Crippen LogP contribution in [0.4, 0.5) is 0 Å². The van der Waals surface area contributed by atoms with E-state index in [1.807, 2.05) is 0 Å². The van der Waals surface area contributed by atoms with Crippen molar-refractivity contribution in [3.63, 3.8) is 0 Å². The van der Waals surface area contributed by atoms with Gasteiger partial charge in [-0.2, -0.15) is 0 Å². The number of sulfonamides is 2. The van der Waals surface area contributed by atoms with Gasteiger partial charge in [0.05, 0.1) is 23.3 Å². The first kappa shape index (κ1) is 24.0. The van der Waals surface area contributed by atoms with Gasteiger partial charge in [0.25, 0.3) is 0 Å². The van der Waals surface area contributed by atoms with Crippen molar-refractivity contribution in [2.75, 3.05) is 7.11 Å². The van der Waals surface area contributed by atoms with E-state index in [-0.39, 0.29) is 28.8 Å². The first-order valence-corrected chi connectivity index (χ1v) is 12.3. The van der Waals surface area contributed by atoms with Crippen molar-refractivity contribution in [1.82, 2.24) is 9.44 Å². The van der Waals surface area contributed by atoms with Crippen LogP contribution < -0.4 is 9.44 Å². The van der Waals surface area contributed by atoms with Gasteiger partial charge >= 0.3 is 5.97 Å². The molecule has 2 aromatic rings. The van der Waals surface area contributed by atoms with E-state index < -0.39 is 26.0 Å². The summed E-state index contributed by atoms with van der Waals surface area (Å²) in [4.78, 5) is 11.6. The molecule has 0 aliphatic rings. The number of nitrogens with one attached hydrogen (secondary N) is 2. The number of carbonyl (C=O) groups excluding carboxylic acids is 1. The molecule has 0 heterocycles. The van der Waals surface area contributed by atoms with Crippen LogP contribution in [0.5, 0.6) is 0 Å². The summed E-state index contributed by atoms with van der Waals surface area (Å²) < 4.78 is 58.9. The largest absolute Gasteiger partial charge is 0.465 e. The first-order valence-electron chi connectivity index (χ1n) is 9.20. The van der Waals surface area contributed by atoms with Crippen molar-refractivity contribution in [3.05, 3.63) is 64.7 Å². The van der Waals surface area contributed by atoms with Gasteiger partial charge in [-0.15, -0.1) is 0 Å². The van der Waals surface area contributed by atoms with E-state index >= 15 is 0 Å². The van der Waals surface area contributed by atoms with E-state index in [9.17, 15) is 21.6 Å². The minimum absolute atomic E-state index is 0.0395. The van der Waals surface area contributed by atoms with Gasteiger partial charge in [-0.05, 0) is 55.7 Å². The molecule has 0 aromatic heterocycles. The molecular weight excluding hydrogens is 428 g/mol. The van der Waals surface area contributed by atoms with Crippen molar-refractivity contribution in [2.24, 2.45) is 0 Å². The molecule has 8 nitrogen and oxygen atoms in total. The Morgan fingerprint density at radius 3 is 2.13 bits per heavy atom. The third kappa shape index (κ3) is 6.63. The fourth-order valence-electron chi connectivity index (χ4n) is 2.83. The summed E-state index contributed by atoms with van der Waals surface area (Å²) in [6.45, 7) is 5.13. The van der Waals surface area contributed by atoms with Crippen LogP contribution in [0.1, 0.15) is 40.9 Å². The van der Waals surface area contributed by atoms with Gasteiger partial charge in [0.15, 0.2) is 0 Å². The third-order valence-electron chi connectivity index (χ3n) is 4.15. The molecular formula is C20H26N2O6S2. The maximum atomic E-state index is 12.6. The van der Waals surface area contributed by atoms with Crippen LogP contribution in [0.3, 0.4) is 0 Å². The van der Waals surface area contributed by atoms with E-state index in [1.165, 1.54) is 25.3 Å². The summed E-state index contributed by atoms with van der Waals surface area (Å²) in [7, 11) is -5.97. The molecule has 2 rings (SSSR count). The fraction of sp³-hybridized carbons (Fsp3) is 0.350. The Kier molecular flexibility index (Phi) is 7.75. The zero-order chi connectivity index (χ0) is 22.5. The van der Waals surface area contributed by atoms with Gasteiger partial charge in [-0.25, -0.2) is 31.1 Å². The number of esters is 1. The Balaban J connectivity index is 2.07. The highest BCUT2D eigenvalue weighted by molar-refractivity contribution is 7.89. The molecule has 0 fully saturated rings. The molecule has 0 saturated heterocycles. The summed E-state index contributed by atoms with van der Waals surface area (Å²) in [5.41, 5.74) is 1.97. The summed E-state index contributed by atoms with van der Waals surface area (Å²) in [6, 6.07) is 10.7. The second-order valence-corrected chi connectivity index (χ2v) is 10.6. The van der Waals surface area contributed by atoms with Crippen molar-refractivity contribution in [2.45, 2.75) is 44.0 Å². The molecule has 0 atom stereocenters. The normalized spacial score (nSPS) is 12.2. The average Bonchev–Trinajstić information content (AvgIpc) is 2.65. The lowest BCUT2D eigenvalue weighted by Crippen LogP contribution is -2.31. The second kappa shape index (κ2) is 9.69. The zero-order valence-electron chi connectivity index (χ0n) is 17.3. The number of ether oxygens (including phenoxy) is 1. The van der Waals surface area contributed by atoms with Gasteiger partial charge < -0.3 is 4.74 Å². The zero-order valence-corrected chi connectivity index (χ0v) is 18.9. The standard InChI is InChI=1S/C20H26N2O6S2/c1-14(2)22-29(24,25)13-17-7-5-16(6-8-17)12-21-30(26,27)19-10-9-18(11-15(19)3)20(23)28-4/h5-11,14,21-22H,12-13H2,1-4H3. The monoisotopic (exact) mass is 454 g/mol. The Morgan fingerprint density at radius 2 is 1.60 bits per heavy atom. The molecule has 0 radical (unpaired) electrons. The van der Waals surface area contributed by atoms with Gasteiger partial charge in [0, 0.05) is 12.6 Å². The number of hydrogen-bond acceptors (Lipinski definition) is 6. The van der Waals surface area contributed by atoms with E-state index in [1.54, 1.807) is 45.0 Å². The maximum absolute atomic E-state index is 12.6. The molecule has 164 valence electrons. The second-order valence-electron chi connectivity index (χ2n) is 7.14. The Labute approximate surface area is 177 Å². The van der Waals surface area contributed by atoms with Crippen LogP contribution in [0, 0.1) is 6.92 Å². The third-order valence-corrected chi connectivity index (χ3v) is 7.25. The minimum Gasteiger partial charge on any atom is -0.465 e. The quantitative estimate of drug-likeness (QED) is 0.560. The number of methoxy groups -OCH3 is 1. The van der Waals surface area contributed by atoms with Gasteiger partial charge in [0.2, 0.25) is 20.0 Å². The van der Waals surface area contributed by atoms with Crippen molar-refractivity contribution < 1.29 is 26.4 Å². The first-order chi connectivity index (χ1) is 13.9. The predicted molar refractivity (Wildman–Crippen MR) is 114 cm³/mol. The van der Waals surface area contributed by atoms with Crippen LogP contribution in [0.25, 0.3) is 0 Å². The Bertz CT molecular complexity index is 1110. The number of rotatable bonds is 9. The van der Waals surface area contributed by atoms with E-state index in [2.05, 4.69) is 14.2 Å². The maximum Gasteiger partial charge on any atom is 0.337 e. The topological polar surface area (TPSA) is 119 Å². The predicted octanol–water partition coefficient (Wildman–Crippen LogP) is 2.09. The van der Waals surface area contributed by atoms with Crippen molar-refractivity contribution in [3.8, 4) is 0 Å².